The SMILES string of the molecule is c1ccc(-c2ccc3ccc4c(-c5cccc6c5oc5cc7oc8ccccc8c7cc56)ccc5ccc2c3c54)cc1. The van der Waals surface area contributed by atoms with Gasteiger partial charge in [-0.05, 0) is 61.1 Å². The lowest BCUT2D eigenvalue weighted by molar-refractivity contribution is 0.656. The summed E-state index contributed by atoms with van der Waals surface area (Å²) >= 11 is 0. The molecule has 10 rings (SSSR count). The van der Waals surface area contributed by atoms with E-state index in [-0.39, 0.29) is 0 Å². The minimum Gasteiger partial charge on any atom is -0.456 e. The summed E-state index contributed by atoms with van der Waals surface area (Å²) in [7, 11) is 0. The molecule has 0 N–H and O–H groups in total. The lowest BCUT2D eigenvalue weighted by atomic mass is 9.87. The molecule has 0 radical (unpaired) electrons. The fraction of sp³-hybridized carbons (Fsp3) is 0. The van der Waals surface area contributed by atoms with Gasteiger partial charge >= 0.3 is 0 Å². The largest absolute Gasteiger partial charge is 0.456 e. The third-order valence-corrected chi connectivity index (χ3v) is 9.04. The molecule has 0 aliphatic heterocycles. The Morgan fingerprint density at radius 3 is 1.81 bits per heavy atom. The molecule has 0 bridgehead atoms. The van der Waals surface area contributed by atoms with Gasteiger partial charge in [-0.1, -0.05) is 115 Å². The highest BCUT2D eigenvalue weighted by Crippen LogP contribution is 2.45. The normalized spacial score (nSPS) is 12.3. The van der Waals surface area contributed by atoms with Crippen LogP contribution in [0.3, 0.4) is 0 Å². The summed E-state index contributed by atoms with van der Waals surface area (Å²) in [6.45, 7) is 0. The predicted molar refractivity (Wildman–Crippen MR) is 176 cm³/mol. The zero-order valence-corrected chi connectivity index (χ0v) is 22.5. The molecule has 2 nitrogen and oxygen atoms in total. The van der Waals surface area contributed by atoms with Crippen LogP contribution in [0, 0.1) is 0 Å². The first-order valence-electron chi connectivity index (χ1n) is 14.3. The van der Waals surface area contributed by atoms with Gasteiger partial charge in [0.2, 0.25) is 0 Å². The Hall–Kier alpha value is -5.60. The lowest BCUT2D eigenvalue weighted by Gasteiger charge is -2.16. The minimum atomic E-state index is 0.842. The summed E-state index contributed by atoms with van der Waals surface area (Å²) in [6, 6.07) is 47.8. The van der Waals surface area contributed by atoms with Crippen LogP contribution >= 0.6 is 0 Å². The van der Waals surface area contributed by atoms with Crippen molar-refractivity contribution in [2.45, 2.75) is 0 Å². The van der Waals surface area contributed by atoms with E-state index in [0.717, 1.165) is 49.4 Å². The smallest absolute Gasteiger partial charge is 0.143 e. The maximum absolute atomic E-state index is 6.65. The van der Waals surface area contributed by atoms with Crippen molar-refractivity contribution in [1.82, 2.24) is 0 Å². The molecular formula is C40H22O2. The highest BCUT2D eigenvalue weighted by atomic mass is 16.3. The van der Waals surface area contributed by atoms with E-state index in [1.807, 2.05) is 18.2 Å². The number of fused-ring (bicyclic) bond motifs is 6. The van der Waals surface area contributed by atoms with E-state index in [4.69, 9.17) is 8.83 Å². The van der Waals surface area contributed by atoms with Crippen molar-refractivity contribution in [1.29, 1.82) is 0 Å². The molecule has 2 heterocycles. The van der Waals surface area contributed by atoms with Crippen molar-refractivity contribution in [2.24, 2.45) is 0 Å². The Balaban J connectivity index is 1.26. The van der Waals surface area contributed by atoms with E-state index < -0.39 is 0 Å². The van der Waals surface area contributed by atoms with Crippen LogP contribution in [0.15, 0.2) is 142 Å². The Labute approximate surface area is 240 Å². The molecule has 10 aromatic rings. The molecule has 0 aliphatic carbocycles. The van der Waals surface area contributed by atoms with E-state index in [0.29, 0.717) is 0 Å². The van der Waals surface area contributed by atoms with E-state index in [9.17, 15) is 0 Å². The fourth-order valence-electron chi connectivity index (χ4n) is 7.13. The lowest BCUT2D eigenvalue weighted by Crippen LogP contribution is -1.89. The number of benzene rings is 8. The van der Waals surface area contributed by atoms with Gasteiger partial charge < -0.3 is 8.83 Å². The molecule has 0 amide bonds. The number of rotatable bonds is 2. The van der Waals surface area contributed by atoms with Crippen molar-refractivity contribution in [3.05, 3.63) is 133 Å². The molecule has 0 fully saturated rings. The molecule has 8 aromatic carbocycles. The molecule has 42 heavy (non-hydrogen) atoms. The monoisotopic (exact) mass is 534 g/mol. The average molecular weight is 535 g/mol. The first-order valence-corrected chi connectivity index (χ1v) is 14.3. The Morgan fingerprint density at radius 2 is 0.976 bits per heavy atom. The first kappa shape index (κ1) is 22.1. The molecule has 0 atom stereocenters. The van der Waals surface area contributed by atoms with Gasteiger partial charge in [0, 0.05) is 33.2 Å². The van der Waals surface area contributed by atoms with Gasteiger partial charge in [0.25, 0.3) is 0 Å². The summed E-state index contributed by atoms with van der Waals surface area (Å²) in [5.74, 6) is 0. The Morgan fingerprint density at radius 1 is 0.333 bits per heavy atom. The van der Waals surface area contributed by atoms with E-state index in [2.05, 4.69) is 115 Å². The second kappa shape index (κ2) is 7.99. The quantitative estimate of drug-likeness (QED) is 0.206. The highest BCUT2D eigenvalue weighted by Gasteiger charge is 2.19. The maximum Gasteiger partial charge on any atom is 0.143 e. The fourth-order valence-corrected chi connectivity index (χ4v) is 7.13. The van der Waals surface area contributed by atoms with Gasteiger partial charge in [-0.2, -0.15) is 0 Å². The standard InChI is InChI=1S/C40H22O2/c1-2-7-23(8-3-1)26-17-13-24-16-20-30-27(18-14-25-15-19-29(26)38(24)39(25)30)31-10-6-11-32-34-21-33-28-9-4-5-12-35(28)41-36(33)22-37(34)42-40(31)32/h1-22H. The van der Waals surface area contributed by atoms with Crippen molar-refractivity contribution in [2.75, 3.05) is 0 Å². The maximum atomic E-state index is 6.65. The molecule has 2 heteroatoms. The van der Waals surface area contributed by atoms with Crippen molar-refractivity contribution in [3.8, 4) is 22.3 Å². The van der Waals surface area contributed by atoms with Gasteiger partial charge in [-0.25, -0.2) is 0 Å². The summed E-state index contributed by atoms with van der Waals surface area (Å²) in [5, 5.41) is 12.1. The van der Waals surface area contributed by atoms with Crippen molar-refractivity contribution in [3.63, 3.8) is 0 Å². The third kappa shape index (κ3) is 2.88. The van der Waals surface area contributed by atoms with Gasteiger partial charge in [0.15, 0.2) is 0 Å². The number of hydrogen-bond donors (Lipinski definition) is 0. The second-order valence-corrected chi connectivity index (χ2v) is 11.2. The van der Waals surface area contributed by atoms with E-state index in [1.165, 1.54) is 49.0 Å². The average Bonchev–Trinajstić information content (AvgIpc) is 3.60. The van der Waals surface area contributed by atoms with Gasteiger partial charge in [0.1, 0.15) is 22.3 Å². The second-order valence-electron chi connectivity index (χ2n) is 11.2. The first-order chi connectivity index (χ1) is 20.8. The zero-order chi connectivity index (χ0) is 27.4. The predicted octanol–water partition coefficient (Wildman–Crippen LogP) is 11.7. The van der Waals surface area contributed by atoms with Crippen LogP contribution in [-0.4, -0.2) is 0 Å². The Bertz CT molecular complexity index is 2670. The van der Waals surface area contributed by atoms with Crippen molar-refractivity contribution >= 4 is 76.2 Å². The summed E-state index contributed by atoms with van der Waals surface area (Å²) in [6.07, 6.45) is 0. The summed E-state index contributed by atoms with van der Waals surface area (Å²) in [5.41, 5.74) is 8.28. The number of para-hydroxylation sites is 2. The van der Waals surface area contributed by atoms with E-state index in [1.54, 1.807) is 0 Å². The molecule has 0 saturated carbocycles. The number of hydrogen-bond acceptors (Lipinski definition) is 2. The topological polar surface area (TPSA) is 26.3 Å². The van der Waals surface area contributed by atoms with E-state index >= 15 is 0 Å². The summed E-state index contributed by atoms with van der Waals surface area (Å²) in [4.78, 5) is 0. The van der Waals surface area contributed by atoms with Gasteiger partial charge in [-0.15, -0.1) is 0 Å². The zero-order valence-electron chi connectivity index (χ0n) is 22.5. The molecule has 0 saturated heterocycles. The molecule has 0 unspecified atom stereocenters. The molecule has 194 valence electrons. The molecule has 2 aromatic heterocycles. The van der Waals surface area contributed by atoms with Crippen LogP contribution in [0.25, 0.3) is 98.4 Å². The molecule has 0 spiro atoms. The number of furan rings is 2. The highest BCUT2D eigenvalue weighted by molar-refractivity contribution is 6.28. The Kier molecular flexibility index (Phi) is 4.21. The van der Waals surface area contributed by atoms with Crippen LogP contribution in [0.4, 0.5) is 0 Å². The van der Waals surface area contributed by atoms with Crippen LogP contribution in [0.5, 0.6) is 0 Å². The van der Waals surface area contributed by atoms with Gasteiger partial charge in [0.05, 0.1) is 0 Å². The molecular weight excluding hydrogens is 512 g/mol. The molecule has 0 aliphatic rings. The van der Waals surface area contributed by atoms with Crippen molar-refractivity contribution < 1.29 is 8.83 Å². The van der Waals surface area contributed by atoms with Crippen LogP contribution in [0.2, 0.25) is 0 Å². The minimum absolute atomic E-state index is 0.842. The van der Waals surface area contributed by atoms with Crippen LogP contribution in [-0.2, 0) is 0 Å². The summed E-state index contributed by atoms with van der Waals surface area (Å²) < 4.78 is 12.8. The van der Waals surface area contributed by atoms with Gasteiger partial charge in [-0.3, -0.25) is 0 Å². The third-order valence-electron chi connectivity index (χ3n) is 9.04. The van der Waals surface area contributed by atoms with Crippen LogP contribution in [0.1, 0.15) is 0 Å². The van der Waals surface area contributed by atoms with Crippen LogP contribution < -0.4 is 0 Å².